The fourth-order valence-corrected chi connectivity index (χ4v) is 2.64. The Bertz CT molecular complexity index is 229. The maximum Gasteiger partial charge on any atom is 0.306 e. The molecule has 2 rings (SSSR count). The molecule has 0 bridgehead atoms. The quantitative estimate of drug-likeness (QED) is 0.646. The molecule has 1 N–H and O–H groups in total. The fraction of sp³-hybridized carbons (Fsp3) is 0.875. The lowest BCUT2D eigenvalue weighted by Gasteiger charge is -2.14. The van der Waals surface area contributed by atoms with Crippen molar-refractivity contribution in [2.24, 2.45) is 17.8 Å². The molecule has 0 aromatic heterocycles. The smallest absolute Gasteiger partial charge is 0.306 e. The maximum absolute atomic E-state index is 13.2. The second-order valence-electron chi connectivity index (χ2n) is 3.74. The number of halogens is 2. The molecule has 2 fully saturated rings. The molecule has 2 aliphatic carbocycles. The monoisotopic (exact) mass is 192 g/mol. The van der Waals surface area contributed by atoms with Crippen LogP contribution in [0, 0.1) is 17.8 Å². The standard InChI is InChI=1S/C8H10ClFO2/c9-8(10)5-2-1-4(7(11)12)3-6(5)8/h4-6H,1-3H2,(H,11,12). The van der Waals surface area contributed by atoms with Crippen LogP contribution in [0.1, 0.15) is 19.3 Å². The Morgan fingerprint density at radius 1 is 1.50 bits per heavy atom. The van der Waals surface area contributed by atoms with E-state index in [1.165, 1.54) is 0 Å². The number of hydrogen-bond acceptors (Lipinski definition) is 1. The van der Waals surface area contributed by atoms with Crippen LogP contribution in [0.25, 0.3) is 0 Å². The molecule has 2 nitrogen and oxygen atoms in total. The number of hydrogen-bond donors (Lipinski definition) is 1. The second kappa shape index (κ2) is 2.34. The van der Waals surface area contributed by atoms with Gasteiger partial charge in [0.2, 0.25) is 0 Å². The van der Waals surface area contributed by atoms with Crippen molar-refractivity contribution in [1.82, 2.24) is 0 Å². The molecule has 68 valence electrons. The number of carboxylic acid groups (broad SMARTS) is 1. The van der Waals surface area contributed by atoms with Crippen molar-refractivity contribution in [3.8, 4) is 0 Å². The Kier molecular flexibility index (Phi) is 1.62. The summed E-state index contributed by atoms with van der Waals surface area (Å²) in [6.45, 7) is 0. The minimum atomic E-state index is -1.58. The zero-order valence-corrected chi connectivity index (χ0v) is 7.22. The molecule has 4 heteroatoms. The molecule has 2 saturated carbocycles. The predicted octanol–water partition coefficient (Wildman–Crippen LogP) is 2.02. The zero-order valence-electron chi connectivity index (χ0n) is 6.46. The van der Waals surface area contributed by atoms with Gasteiger partial charge < -0.3 is 5.11 Å². The maximum atomic E-state index is 13.2. The fourth-order valence-electron chi connectivity index (χ4n) is 2.21. The van der Waals surface area contributed by atoms with Gasteiger partial charge in [0.05, 0.1) is 5.92 Å². The lowest BCUT2D eigenvalue weighted by molar-refractivity contribution is -0.142. The molecular formula is C8H10ClFO2. The largest absolute Gasteiger partial charge is 0.481 e. The highest BCUT2D eigenvalue weighted by Crippen LogP contribution is 2.64. The number of carbonyl (C=O) groups is 1. The summed E-state index contributed by atoms with van der Waals surface area (Å²) in [4.78, 5) is 10.6. The van der Waals surface area contributed by atoms with E-state index in [-0.39, 0.29) is 17.8 Å². The summed E-state index contributed by atoms with van der Waals surface area (Å²) in [5.74, 6) is -1.46. The third kappa shape index (κ3) is 1.03. The first kappa shape index (κ1) is 8.30. The minimum absolute atomic E-state index is 0.0743. The molecule has 0 amide bonds. The van der Waals surface area contributed by atoms with E-state index in [1.807, 2.05) is 0 Å². The van der Waals surface area contributed by atoms with E-state index >= 15 is 0 Å². The molecule has 0 saturated heterocycles. The number of fused-ring (bicyclic) bond motifs is 1. The summed E-state index contributed by atoms with van der Waals surface area (Å²) in [5, 5.41) is 7.10. The van der Waals surface area contributed by atoms with Crippen molar-refractivity contribution < 1.29 is 14.3 Å². The highest BCUT2D eigenvalue weighted by atomic mass is 35.5. The van der Waals surface area contributed by atoms with Crippen molar-refractivity contribution >= 4 is 17.6 Å². The normalized spacial score (nSPS) is 51.3. The average molecular weight is 193 g/mol. The SMILES string of the molecule is O=C(O)C1CCC2C(C1)C2(F)Cl. The number of aliphatic carboxylic acids is 1. The van der Waals surface area contributed by atoms with Crippen LogP contribution < -0.4 is 0 Å². The molecule has 4 atom stereocenters. The Morgan fingerprint density at radius 2 is 2.17 bits per heavy atom. The summed E-state index contributed by atoms with van der Waals surface area (Å²) in [7, 11) is 0. The first-order chi connectivity index (χ1) is 5.53. The van der Waals surface area contributed by atoms with Gasteiger partial charge in [-0.15, -0.1) is 0 Å². The lowest BCUT2D eigenvalue weighted by Crippen LogP contribution is -2.17. The number of carboxylic acids is 1. The van der Waals surface area contributed by atoms with Crippen molar-refractivity contribution in [2.45, 2.75) is 24.4 Å². The van der Waals surface area contributed by atoms with Gasteiger partial charge >= 0.3 is 5.97 Å². The molecule has 0 spiro atoms. The number of alkyl halides is 2. The van der Waals surface area contributed by atoms with E-state index in [4.69, 9.17) is 16.7 Å². The Balaban J connectivity index is 2.01. The van der Waals surface area contributed by atoms with Gasteiger partial charge in [0.15, 0.2) is 5.13 Å². The summed E-state index contributed by atoms with van der Waals surface area (Å²) in [6.07, 6.45) is 1.62. The van der Waals surface area contributed by atoms with Gasteiger partial charge in [0.25, 0.3) is 0 Å². The molecule has 2 aliphatic rings. The highest BCUT2D eigenvalue weighted by Gasteiger charge is 2.67. The van der Waals surface area contributed by atoms with Crippen LogP contribution in [0.4, 0.5) is 4.39 Å². The van der Waals surface area contributed by atoms with Gasteiger partial charge in [0.1, 0.15) is 0 Å². The highest BCUT2D eigenvalue weighted by molar-refractivity contribution is 6.25. The summed E-state index contributed by atoms with van der Waals surface area (Å²) >= 11 is 5.52. The average Bonchev–Trinajstić information content (AvgIpc) is 2.55. The van der Waals surface area contributed by atoms with Crippen LogP contribution in [0.3, 0.4) is 0 Å². The van der Waals surface area contributed by atoms with Crippen LogP contribution >= 0.6 is 11.6 Å². The summed E-state index contributed by atoms with van der Waals surface area (Å²) < 4.78 is 13.2. The van der Waals surface area contributed by atoms with Gasteiger partial charge in [-0.1, -0.05) is 11.6 Å². The van der Waals surface area contributed by atoms with Crippen molar-refractivity contribution in [2.75, 3.05) is 0 Å². The first-order valence-corrected chi connectivity index (χ1v) is 4.52. The molecule has 0 aromatic rings. The predicted molar refractivity (Wildman–Crippen MR) is 41.6 cm³/mol. The van der Waals surface area contributed by atoms with Crippen LogP contribution in [-0.2, 0) is 4.79 Å². The van der Waals surface area contributed by atoms with Crippen molar-refractivity contribution in [3.63, 3.8) is 0 Å². The van der Waals surface area contributed by atoms with E-state index < -0.39 is 11.1 Å². The summed E-state index contributed by atoms with van der Waals surface area (Å²) in [5.41, 5.74) is 0. The molecular weight excluding hydrogens is 183 g/mol. The van der Waals surface area contributed by atoms with Crippen LogP contribution in [0.15, 0.2) is 0 Å². The Labute approximate surface area is 74.7 Å². The van der Waals surface area contributed by atoms with Crippen LogP contribution in [-0.4, -0.2) is 16.2 Å². The first-order valence-electron chi connectivity index (χ1n) is 4.14. The lowest BCUT2D eigenvalue weighted by atomic mass is 9.89. The molecule has 12 heavy (non-hydrogen) atoms. The molecule has 0 aromatic carbocycles. The summed E-state index contributed by atoms with van der Waals surface area (Å²) in [6, 6.07) is 0. The minimum Gasteiger partial charge on any atom is -0.481 e. The number of rotatable bonds is 1. The van der Waals surface area contributed by atoms with Gasteiger partial charge in [-0.25, -0.2) is 4.39 Å². The van der Waals surface area contributed by atoms with E-state index in [1.54, 1.807) is 0 Å². The van der Waals surface area contributed by atoms with Gasteiger partial charge in [0, 0.05) is 11.8 Å². The van der Waals surface area contributed by atoms with Crippen LogP contribution in [0.2, 0.25) is 0 Å². The van der Waals surface area contributed by atoms with Gasteiger partial charge in [-0.05, 0) is 19.3 Å². The molecule has 4 unspecified atom stereocenters. The second-order valence-corrected chi connectivity index (χ2v) is 4.32. The Hall–Kier alpha value is -0.310. The van der Waals surface area contributed by atoms with E-state index in [9.17, 15) is 9.18 Å². The van der Waals surface area contributed by atoms with E-state index in [2.05, 4.69) is 0 Å². The third-order valence-electron chi connectivity index (χ3n) is 3.08. The van der Waals surface area contributed by atoms with Gasteiger partial charge in [-0.3, -0.25) is 4.79 Å². The van der Waals surface area contributed by atoms with E-state index in [0.717, 1.165) is 0 Å². The Morgan fingerprint density at radius 3 is 2.67 bits per heavy atom. The third-order valence-corrected chi connectivity index (χ3v) is 3.64. The molecule has 0 radical (unpaired) electrons. The van der Waals surface area contributed by atoms with Crippen molar-refractivity contribution in [3.05, 3.63) is 0 Å². The molecule has 0 aliphatic heterocycles. The topological polar surface area (TPSA) is 37.3 Å². The molecule has 0 heterocycles. The zero-order chi connectivity index (χ0) is 8.93. The van der Waals surface area contributed by atoms with Crippen molar-refractivity contribution in [1.29, 1.82) is 0 Å². The van der Waals surface area contributed by atoms with Crippen LogP contribution in [0.5, 0.6) is 0 Å². The van der Waals surface area contributed by atoms with E-state index in [0.29, 0.717) is 19.3 Å². The van der Waals surface area contributed by atoms with Gasteiger partial charge in [-0.2, -0.15) is 0 Å².